The second-order valence-corrected chi connectivity index (χ2v) is 6.66. The molecule has 5 nitrogen and oxygen atoms in total. The third-order valence-electron chi connectivity index (χ3n) is 4.16. The summed E-state index contributed by atoms with van der Waals surface area (Å²) in [5.41, 5.74) is 0.943. The number of nitrogens with zero attached hydrogens (tertiary/aromatic N) is 3. The molecule has 0 saturated carbocycles. The number of thiophene rings is 1. The molecule has 1 fully saturated rings. The van der Waals surface area contributed by atoms with Crippen molar-refractivity contribution in [2.45, 2.75) is 13.1 Å². The van der Waals surface area contributed by atoms with Crippen LogP contribution in [0.4, 0.5) is 0 Å². The Labute approximate surface area is 141 Å². The standard InChI is InChI=1S/C17H23N3O2S/c1-21-16-5-6-18-15(17(16)22-2)13-20-9-7-19(8-10-20)12-14-4-3-11-23-14/h3-6,11H,7-10,12-13H2,1-2H3. The molecular formula is C17H23N3O2S. The van der Waals surface area contributed by atoms with Crippen molar-refractivity contribution >= 4 is 11.3 Å². The van der Waals surface area contributed by atoms with Crippen molar-refractivity contribution in [3.8, 4) is 11.5 Å². The van der Waals surface area contributed by atoms with Gasteiger partial charge in [-0.05, 0) is 11.4 Å². The lowest BCUT2D eigenvalue weighted by Crippen LogP contribution is -2.45. The number of ether oxygens (including phenoxy) is 2. The smallest absolute Gasteiger partial charge is 0.183 e. The Morgan fingerprint density at radius 3 is 2.39 bits per heavy atom. The molecule has 0 radical (unpaired) electrons. The lowest BCUT2D eigenvalue weighted by atomic mass is 10.2. The number of methoxy groups -OCH3 is 2. The van der Waals surface area contributed by atoms with Gasteiger partial charge in [0.15, 0.2) is 11.5 Å². The topological polar surface area (TPSA) is 37.8 Å². The summed E-state index contributed by atoms with van der Waals surface area (Å²) in [5, 5.41) is 2.15. The van der Waals surface area contributed by atoms with E-state index in [2.05, 4.69) is 32.3 Å². The molecule has 124 valence electrons. The number of pyridine rings is 1. The second kappa shape index (κ2) is 7.77. The van der Waals surface area contributed by atoms with Gasteiger partial charge in [0.2, 0.25) is 0 Å². The highest BCUT2D eigenvalue weighted by Gasteiger charge is 2.20. The van der Waals surface area contributed by atoms with Crippen LogP contribution in [0.25, 0.3) is 0 Å². The number of hydrogen-bond donors (Lipinski definition) is 0. The van der Waals surface area contributed by atoms with Gasteiger partial charge in [-0.15, -0.1) is 11.3 Å². The van der Waals surface area contributed by atoms with Gasteiger partial charge in [-0.3, -0.25) is 14.8 Å². The molecule has 0 aliphatic carbocycles. The lowest BCUT2D eigenvalue weighted by Gasteiger charge is -2.34. The monoisotopic (exact) mass is 333 g/mol. The van der Waals surface area contributed by atoms with E-state index < -0.39 is 0 Å². The highest BCUT2D eigenvalue weighted by Crippen LogP contribution is 2.30. The Kier molecular flexibility index (Phi) is 5.48. The highest BCUT2D eigenvalue weighted by molar-refractivity contribution is 7.09. The fourth-order valence-corrected chi connectivity index (χ4v) is 3.65. The van der Waals surface area contributed by atoms with E-state index in [1.165, 1.54) is 4.88 Å². The molecule has 0 atom stereocenters. The zero-order chi connectivity index (χ0) is 16.1. The van der Waals surface area contributed by atoms with Crippen molar-refractivity contribution in [2.24, 2.45) is 0 Å². The third kappa shape index (κ3) is 4.02. The first kappa shape index (κ1) is 16.2. The van der Waals surface area contributed by atoms with Gasteiger partial charge in [0, 0.05) is 56.4 Å². The molecule has 0 aromatic carbocycles. The molecule has 23 heavy (non-hydrogen) atoms. The van der Waals surface area contributed by atoms with Crippen LogP contribution in [0, 0.1) is 0 Å². The van der Waals surface area contributed by atoms with Crippen molar-refractivity contribution in [1.29, 1.82) is 0 Å². The Balaban J connectivity index is 1.56. The maximum Gasteiger partial charge on any atom is 0.183 e. The SMILES string of the molecule is COc1ccnc(CN2CCN(Cc3cccs3)CC2)c1OC. The van der Waals surface area contributed by atoms with E-state index in [1.807, 2.05) is 17.4 Å². The van der Waals surface area contributed by atoms with E-state index in [0.717, 1.165) is 56.5 Å². The highest BCUT2D eigenvalue weighted by atomic mass is 32.1. The second-order valence-electron chi connectivity index (χ2n) is 5.62. The van der Waals surface area contributed by atoms with Crippen LogP contribution in [-0.2, 0) is 13.1 Å². The fourth-order valence-electron chi connectivity index (χ4n) is 2.90. The molecule has 1 aliphatic heterocycles. The third-order valence-corrected chi connectivity index (χ3v) is 5.03. The Bertz CT molecular complexity index is 610. The molecule has 2 aromatic rings. The van der Waals surface area contributed by atoms with E-state index >= 15 is 0 Å². The first-order valence-corrected chi connectivity index (χ1v) is 8.71. The molecular weight excluding hydrogens is 310 g/mol. The van der Waals surface area contributed by atoms with Gasteiger partial charge in [-0.25, -0.2) is 0 Å². The van der Waals surface area contributed by atoms with Gasteiger partial charge in [-0.1, -0.05) is 6.07 Å². The maximum absolute atomic E-state index is 5.48. The average Bonchev–Trinajstić information content (AvgIpc) is 3.09. The summed E-state index contributed by atoms with van der Waals surface area (Å²) in [6, 6.07) is 6.17. The first-order chi connectivity index (χ1) is 11.3. The van der Waals surface area contributed by atoms with E-state index in [-0.39, 0.29) is 0 Å². The summed E-state index contributed by atoms with van der Waals surface area (Å²) < 4.78 is 10.8. The van der Waals surface area contributed by atoms with E-state index in [9.17, 15) is 0 Å². The molecule has 3 heterocycles. The molecule has 1 saturated heterocycles. The molecule has 0 amide bonds. The zero-order valence-electron chi connectivity index (χ0n) is 13.7. The van der Waals surface area contributed by atoms with Crippen LogP contribution in [0.5, 0.6) is 11.5 Å². The molecule has 1 aliphatic rings. The van der Waals surface area contributed by atoms with Crippen LogP contribution in [0.15, 0.2) is 29.8 Å². The minimum Gasteiger partial charge on any atom is -0.493 e. The molecule has 0 unspecified atom stereocenters. The Hall–Kier alpha value is -1.63. The molecule has 0 spiro atoms. The van der Waals surface area contributed by atoms with Crippen molar-refractivity contribution in [3.63, 3.8) is 0 Å². The normalized spacial score (nSPS) is 16.4. The van der Waals surface area contributed by atoms with Gasteiger partial charge in [0.1, 0.15) is 5.69 Å². The summed E-state index contributed by atoms with van der Waals surface area (Å²) in [5.74, 6) is 1.49. The van der Waals surface area contributed by atoms with Crippen molar-refractivity contribution in [1.82, 2.24) is 14.8 Å². The van der Waals surface area contributed by atoms with Gasteiger partial charge >= 0.3 is 0 Å². The molecule has 0 N–H and O–H groups in total. The van der Waals surface area contributed by atoms with Crippen molar-refractivity contribution in [2.75, 3.05) is 40.4 Å². The van der Waals surface area contributed by atoms with E-state index in [1.54, 1.807) is 20.4 Å². The largest absolute Gasteiger partial charge is 0.493 e. The summed E-state index contributed by atoms with van der Waals surface area (Å²) in [6.07, 6.45) is 1.78. The minimum absolute atomic E-state index is 0.744. The van der Waals surface area contributed by atoms with Crippen LogP contribution in [-0.4, -0.2) is 55.2 Å². The fraction of sp³-hybridized carbons (Fsp3) is 0.471. The van der Waals surface area contributed by atoms with E-state index in [0.29, 0.717) is 0 Å². The number of aromatic nitrogens is 1. The average molecular weight is 333 g/mol. The first-order valence-electron chi connectivity index (χ1n) is 7.83. The molecule has 0 bridgehead atoms. The lowest BCUT2D eigenvalue weighted by molar-refractivity contribution is 0.121. The van der Waals surface area contributed by atoms with Crippen LogP contribution in [0.3, 0.4) is 0 Å². The number of piperazine rings is 1. The number of hydrogen-bond acceptors (Lipinski definition) is 6. The van der Waals surface area contributed by atoms with E-state index in [4.69, 9.17) is 9.47 Å². The maximum atomic E-state index is 5.48. The van der Waals surface area contributed by atoms with Crippen LogP contribution >= 0.6 is 11.3 Å². The van der Waals surface area contributed by atoms with Gasteiger partial charge in [0.05, 0.1) is 14.2 Å². The number of rotatable bonds is 6. The predicted molar refractivity (Wildman–Crippen MR) is 92.2 cm³/mol. The molecule has 6 heteroatoms. The van der Waals surface area contributed by atoms with Crippen molar-refractivity contribution < 1.29 is 9.47 Å². The summed E-state index contributed by atoms with van der Waals surface area (Å²) in [7, 11) is 3.33. The summed E-state index contributed by atoms with van der Waals surface area (Å²) in [6.45, 7) is 6.13. The van der Waals surface area contributed by atoms with Crippen LogP contribution in [0.2, 0.25) is 0 Å². The van der Waals surface area contributed by atoms with Crippen LogP contribution < -0.4 is 9.47 Å². The van der Waals surface area contributed by atoms with Crippen molar-refractivity contribution in [3.05, 3.63) is 40.3 Å². The quantitative estimate of drug-likeness (QED) is 0.812. The Morgan fingerprint density at radius 1 is 1.04 bits per heavy atom. The minimum atomic E-state index is 0.744. The zero-order valence-corrected chi connectivity index (χ0v) is 14.5. The summed E-state index contributed by atoms with van der Waals surface area (Å²) >= 11 is 1.83. The van der Waals surface area contributed by atoms with Gasteiger partial charge in [-0.2, -0.15) is 0 Å². The Morgan fingerprint density at radius 2 is 1.78 bits per heavy atom. The van der Waals surface area contributed by atoms with Crippen LogP contribution in [0.1, 0.15) is 10.6 Å². The molecule has 2 aromatic heterocycles. The molecule has 3 rings (SSSR count). The summed E-state index contributed by atoms with van der Waals surface area (Å²) in [4.78, 5) is 10.9. The predicted octanol–water partition coefficient (Wildman–Crippen LogP) is 2.48. The van der Waals surface area contributed by atoms with Gasteiger partial charge < -0.3 is 9.47 Å². The van der Waals surface area contributed by atoms with Gasteiger partial charge in [0.25, 0.3) is 0 Å².